The van der Waals surface area contributed by atoms with Crippen molar-refractivity contribution in [3.63, 3.8) is 0 Å². The smallest absolute Gasteiger partial charge is 0.251 e. The predicted molar refractivity (Wildman–Crippen MR) is 120 cm³/mol. The molecule has 0 saturated carbocycles. The van der Waals surface area contributed by atoms with E-state index in [1.807, 2.05) is 0 Å². The summed E-state index contributed by atoms with van der Waals surface area (Å²) in [6.07, 6.45) is 2.08. The summed E-state index contributed by atoms with van der Waals surface area (Å²) < 4.78 is 5.52. The molecule has 1 saturated heterocycles. The van der Waals surface area contributed by atoms with Crippen LogP contribution >= 0.6 is 0 Å². The Hall–Kier alpha value is -3.39. The van der Waals surface area contributed by atoms with Crippen LogP contribution in [-0.2, 0) is 14.3 Å². The largest absolute Gasteiger partial charge is 0.376 e. The fourth-order valence-corrected chi connectivity index (χ4v) is 3.22. The van der Waals surface area contributed by atoms with Gasteiger partial charge in [-0.15, -0.1) is 0 Å². The molecule has 2 aromatic rings. The number of benzene rings is 2. The Kier molecular flexibility index (Phi) is 7.61. The molecule has 3 rings (SSSR count). The maximum atomic E-state index is 12.4. The molecule has 3 N–H and O–H groups in total. The van der Waals surface area contributed by atoms with Crippen molar-refractivity contribution >= 4 is 34.8 Å². The number of nitrogens with zero attached hydrogens (tertiary/aromatic N) is 1. The predicted octanol–water partition coefficient (Wildman–Crippen LogP) is 2.63. The molecule has 8 heteroatoms. The van der Waals surface area contributed by atoms with Crippen LogP contribution in [0.2, 0.25) is 0 Å². The van der Waals surface area contributed by atoms with E-state index in [9.17, 15) is 14.4 Å². The summed E-state index contributed by atoms with van der Waals surface area (Å²) >= 11 is 0. The van der Waals surface area contributed by atoms with E-state index in [1.165, 1.54) is 11.8 Å². The highest BCUT2D eigenvalue weighted by Gasteiger charge is 2.16. The second-order valence-electron chi connectivity index (χ2n) is 7.45. The van der Waals surface area contributed by atoms with Gasteiger partial charge in [0.15, 0.2) is 0 Å². The number of amides is 3. The molecule has 164 valence electrons. The van der Waals surface area contributed by atoms with Gasteiger partial charge in [-0.2, -0.15) is 0 Å². The van der Waals surface area contributed by atoms with Gasteiger partial charge in [-0.1, -0.05) is 6.07 Å². The molecule has 1 aliphatic rings. The molecule has 0 spiro atoms. The van der Waals surface area contributed by atoms with E-state index in [0.29, 0.717) is 23.5 Å². The maximum absolute atomic E-state index is 12.4. The van der Waals surface area contributed by atoms with Gasteiger partial charge in [0.05, 0.1) is 12.6 Å². The summed E-state index contributed by atoms with van der Waals surface area (Å²) in [6, 6.07) is 14.0. The first-order chi connectivity index (χ1) is 14.9. The Morgan fingerprint density at radius 3 is 2.55 bits per heavy atom. The molecule has 0 aliphatic carbocycles. The zero-order valence-corrected chi connectivity index (χ0v) is 17.8. The molecule has 0 radical (unpaired) electrons. The fraction of sp³-hybridized carbons (Fsp3) is 0.348. The summed E-state index contributed by atoms with van der Waals surface area (Å²) in [5.74, 6) is -0.455. The van der Waals surface area contributed by atoms with Gasteiger partial charge in [0.2, 0.25) is 11.8 Å². The van der Waals surface area contributed by atoms with Crippen LogP contribution in [0, 0.1) is 0 Å². The summed E-state index contributed by atoms with van der Waals surface area (Å²) in [7, 11) is 1.69. The maximum Gasteiger partial charge on any atom is 0.251 e. The summed E-state index contributed by atoms with van der Waals surface area (Å²) in [4.78, 5) is 37.5. The number of carbonyl (C=O) groups excluding carboxylic acids is 3. The van der Waals surface area contributed by atoms with Gasteiger partial charge in [-0.3, -0.25) is 14.4 Å². The Morgan fingerprint density at radius 1 is 1.10 bits per heavy atom. The van der Waals surface area contributed by atoms with Gasteiger partial charge < -0.3 is 25.6 Å². The highest BCUT2D eigenvalue weighted by atomic mass is 16.5. The van der Waals surface area contributed by atoms with Crippen LogP contribution in [0.15, 0.2) is 48.5 Å². The number of hydrogen-bond donors (Lipinski definition) is 3. The third-order valence-corrected chi connectivity index (χ3v) is 5.10. The molecule has 1 fully saturated rings. The minimum Gasteiger partial charge on any atom is -0.376 e. The van der Waals surface area contributed by atoms with Crippen molar-refractivity contribution in [3.05, 3.63) is 54.1 Å². The Balaban J connectivity index is 1.48. The first-order valence-corrected chi connectivity index (χ1v) is 10.3. The monoisotopic (exact) mass is 424 g/mol. The number of nitrogens with one attached hydrogen (secondary N) is 3. The van der Waals surface area contributed by atoms with Crippen LogP contribution < -0.4 is 20.9 Å². The van der Waals surface area contributed by atoms with Crippen molar-refractivity contribution in [1.29, 1.82) is 0 Å². The van der Waals surface area contributed by atoms with Crippen LogP contribution in [-0.4, -0.2) is 50.6 Å². The zero-order chi connectivity index (χ0) is 22.2. The zero-order valence-electron chi connectivity index (χ0n) is 17.8. The average molecular weight is 425 g/mol. The highest BCUT2D eigenvalue weighted by Crippen LogP contribution is 2.17. The molecular formula is C23H28N4O4. The van der Waals surface area contributed by atoms with E-state index in [1.54, 1.807) is 55.6 Å². The number of carbonyl (C=O) groups is 3. The molecule has 2 aromatic carbocycles. The van der Waals surface area contributed by atoms with Crippen LogP contribution in [0.1, 0.15) is 30.1 Å². The van der Waals surface area contributed by atoms with E-state index in [2.05, 4.69) is 16.0 Å². The Labute approximate surface area is 182 Å². The third kappa shape index (κ3) is 6.55. The molecule has 3 amide bonds. The van der Waals surface area contributed by atoms with E-state index in [0.717, 1.165) is 25.1 Å². The van der Waals surface area contributed by atoms with Gasteiger partial charge in [0, 0.05) is 49.7 Å². The fourth-order valence-electron chi connectivity index (χ4n) is 3.22. The summed E-state index contributed by atoms with van der Waals surface area (Å²) in [5.41, 5.74) is 2.58. The molecule has 1 aliphatic heterocycles. The molecule has 0 aromatic heterocycles. The van der Waals surface area contributed by atoms with Crippen LogP contribution in [0.4, 0.5) is 17.1 Å². The lowest BCUT2D eigenvalue weighted by Crippen LogP contribution is -2.31. The first kappa shape index (κ1) is 22.3. The van der Waals surface area contributed by atoms with Crippen molar-refractivity contribution in [3.8, 4) is 0 Å². The van der Waals surface area contributed by atoms with Crippen molar-refractivity contribution in [2.45, 2.75) is 25.9 Å². The van der Waals surface area contributed by atoms with Gasteiger partial charge in [0.25, 0.3) is 5.91 Å². The average Bonchev–Trinajstić information content (AvgIpc) is 3.30. The molecule has 1 unspecified atom stereocenters. The summed E-state index contributed by atoms with van der Waals surface area (Å²) in [5, 5.41) is 8.72. The standard InChI is InChI=1S/C23H28N4O4/c1-16(28)27(2)20-10-8-18(9-11-20)26-22(29)15-24-19-6-3-5-17(13-19)23(30)25-14-21-7-4-12-31-21/h3,5-6,8-11,13,21,24H,4,7,12,14-15H2,1-2H3,(H,25,30)(H,26,29). The minimum absolute atomic E-state index is 0.0517. The third-order valence-electron chi connectivity index (χ3n) is 5.10. The number of rotatable bonds is 8. The van der Waals surface area contributed by atoms with Gasteiger partial charge >= 0.3 is 0 Å². The minimum atomic E-state index is -0.221. The van der Waals surface area contributed by atoms with Crippen molar-refractivity contribution in [2.24, 2.45) is 0 Å². The van der Waals surface area contributed by atoms with Gasteiger partial charge in [-0.25, -0.2) is 0 Å². The van der Waals surface area contributed by atoms with Crippen molar-refractivity contribution in [2.75, 3.05) is 42.3 Å². The highest BCUT2D eigenvalue weighted by molar-refractivity contribution is 5.96. The normalized spacial score (nSPS) is 15.2. The van der Waals surface area contributed by atoms with Crippen molar-refractivity contribution < 1.29 is 19.1 Å². The Bertz CT molecular complexity index is 923. The number of anilines is 3. The molecule has 1 atom stereocenters. The number of ether oxygens (including phenoxy) is 1. The second kappa shape index (κ2) is 10.6. The van der Waals surface area contributed by atoms with E-state index < -0.39 is 0 Å². The quantitative estimate of drug-likeness (QED) is 0.605. The topological polar surface area (TPSA) is 99.8 Å². The lowest BCUT2D eigenvalue weighted by Gasteiger charge is -2.15. The molecule has 8 nitrogen and oxygen atoms in total. The van der Waals surface area contributed by atoms with E-state index >= 15 is 0 Å². The van der Waals surface area contributed by atoms with Gasteiger partial charge in [-0.05, 0) is 55.3 Å². The van der Waals surface area contributed by atoms with E-state index in [4.69, 9.17) is 4.74 Å². The van der Waals surface area contributed by atoms with Crippen molar-refractivity contribution in [1.82, 2.24) is 5.32 Å². The van der Waals surface area contributed by atoms with Crippen LogP contribution in [0.3, 0.4) is 0 Å². The van der Waals surface area contributed by atoms with E-state index in [-0.39, 0.29) is 30.4 Å². The first-order valence-electron chi connectivity index (χ1n) is 10.3. The second-order valence-corrected chi connectivity index (χ2v) is 7.45. The molecular weight excluding hydrogens is 396 g/mol. The van der Waals surface area contributed by atoms with Gasteiger partial charge in [0.1, 0.15) is 0 Å². The summed E-state index contributed by atoms with van der Waals surface area (Å²) in [6.45, 7) is 2.79. The molecule has 31 heavy (non-hydrogen) atoms. The lowest BCUT2D eigenvalue weighted by molar-refractivity contribution is -0.116. The van der Waals surface area contributed by atoms with Crippen LogP contribution in [0.25, 0.3) is 0 Å². The lowest BCUT2D eigenvalue weighted by atomic mass is 10.1. The molecule has 0 bridgehead atoms. The number of hydrogen-bond acceptors (Lipinski definition) is 5. The Morgan fingerprint density at radius 2 is 1.87 bits per heavy atom. The molecule has 1 heterocycles. The SMILES string of the molecule is CC(=O)N(C)c1ccc(NC(=O)CNc2cccc(C(=O)NCC3CCCO3)c2)cc1. The van der Waals surface area contributed by atoms with Crippen LogP contribution in [0.5, 0.6) is 0 Å².